The Morgan fingerprint density at radius 1 is 1.45 bits per heavy atom. The van der Waals surface area contributed by atoms with E-state index in [9.17, 15) is 0 Å². The van der Waals surface area contributed by atoms with Crippen molar-refractivity contribution >= 4 is 6.21 Å². The third kappa shape index (κ3) is 0.941. The Kier molecular flexibility index (Phi) is 1.28. The lowest BCUT2D eigenvalue weighted by molar-refractivity contribution is 0.482. The van der Waals surface area contributed by atoms with Crippen LogP contribution in [0.5, 0.6) is 0 Å². The lowest BCUT2D eigenvalue weighted by atomic mass is 10.2. The van der Waals surface area contributed by atoms with E-state index in [4.69, 9.17) is 5.73 Å². The van der Waals surface area contributed by atoms with Gasteiger partial charge >= 0.3 is 0 Å². The summed E-state index contributed by atoms with van der Waals surface area (Å²) in [5.41, 5.74) is 7.47. The van der Waals surface area contributed by atoms with E-state index in [2.05, 4.69) is 4.99 Å². The van der Waals surface area contributed by atoms with E-state index >= 15 is 0 Å². The first-order valence-electron chi connectivity index (χ1n) is 3.49. The summed E-state index contributed by atoms with van der Waals surface area (Å²) in [6.45, 7) is 0.677. The minimum Gasteiger partial charge on any atom is -0.396 e. The second kappa shape index (κ2) is 2.27. The van der Waals surface area contributed by atoms with Crippen LogP contribution >= 0.6 is 0 Å². The molecule has 0 spiro atoms. The van der Waals surface area contributed by atoms with Crippen LogP contribution in [-0.4, -0.2) is 17.8 Å². The van der Waals surface area contributed by atoms with Gasteiger partial charge in [-0.3, -0.25) is 4.99 Å². The second-order valence-electron chi connectivity index (χ2n) is 2.46. The summed E-state index contributed by atoms with van der Waals surface area (Å²) >= 11 is 0. The molecule has 0 aromatic rings. The van der Waals surface area contributed by atoms with Gasteiger partial charge in [-0.25, -0.2) is 0 Å². The third-order valence-corrected chi connectivity index (χ3v) is 1.70. The highest BCUT2D eigenvalue weighted by Gasteiger charge is 2.11. The highest BCUT2D eigenvalue weighted by Crippen LogP contribution is 2.15. The van der Waals surface area contributed by atoms with E-state index in [0.717, 1.165) is 11.4 Å². The molecule has 0 aromatic heterocycles. The number of aliphatic imine (C=N–C) groups is 1. The van der Waals surface area contributed by atoms with E-state index in [1.807, 2.05) is 29.3 Å². The van der Waals surface area contributed by atoms with Gasteiger partial charge in [0.05, 0.1) is 11.4 Å². The maximum atomic E-state index is 5.69. The lowest BCUT2D eigenvalue weighted by Crippen LogP contribution is -2.25. The molecule has 0 aromatic carbocycles. The van der Waals surface area contributed by atoms with Crippen molar-refractivity contribution in [2.45, 2.75) is 0 Å². The fraction of sp³-hybridized carbons (Fsp3) is 0.125. The van der Waals surface area contributed by atoms with Gasteiger partial charge in [0.2, 0.25) is 0 Å². The molecule has 0 unspecified atom stereocenters. The SMILES string of the molecule is NC1=C2C=CC=CN2CN=C1. The second-order valence-corrected chi connectivity index (χ2v) is 2.46. The molecule has 2 rings (SSSR count). The maximum Gasteiger partial charge on any atom is 0.114 e. The molecule has 0 radical (unpaired) electrons. The topological polar surface area (TPSA) is 41.6 Å². The first-order valence-corrected chi connectivity index (χ1v) is 3.49. The minimum absolute atomic E-state index is 0.677. The van der Waals surface area contributed by atoms with E-state index in [0.29, 0.717) is 6.67 Å². The molecular formula is C8H9N3. The Morgan fingerprint density at radius 3 is 3.18 bits per heavy atom. The zero-order valence-corrected chi connectivity index (χ0v) is 6.07. The Balaban J connectivity index is 2.43. The molecule has 3 heteroatoms. The zero-order valence-electron chi connectivity index (χ0n) is 6.07. The molecule has 2 N–H and O–H groups in total. The first-order chi connectivity index (χ1) is 5.38. The van der Waals surface area contributed by atoms with Crippen molar-refractivity contribution in [2.75, 3.05) is 6.67 Å². The molecule has 0 bridgehead atoms. The van der Waals surface area contributed by atoms with Gasteiger partial charge in [0.1, 0.15) is 6.67 Å². The van der Waals surface area contributed by atoms with Gasteiger partial charge in [-0.15, -0.1) is 0 Å². The number of nitrogens with zero attached hydrogens (tertiary/aromatic N) is 2. The van der Waals surface area contributed by atoms with Crippen molar-refractivity contribution in [1.82, 2.24) is 4.90 Å². The van der Waals surface area contributed by atoms with Gasteiger partial charge < -0.3 is 10.6 Å². The quantitative estimate of drug-likeness (QED) is 0.544. The summed E-state index contributed by atoms with van der Waals surface area (Å²) in [4.78, 5) is 6.08. The van der Waals surface area contributed by atoms with Crippen LogP contribution in [0.3, 0.4) is 0 Å². The molecule has 3 nitrogen and oxygen atoms in total. The molecule has 11 heavy (non-hydrogen) atoms. The summed E-state index contributed by atoms with van der Waals surface area (Å²) < 4.78 is 0. The van der Waals surface area contributed by atoms with Crippen molar-refractivity contribution < 1.29 is 0 Å². The van der Waals surface area contributed by atoms with E-state index < -0.39 is 0 Å². The molecule has 2 heterocycles. The fourth-order valence-electron chi connectivity index (χ4n) is 1.15. The molecule has 0 aliphatic carbocycles. The Hall–Kier alpha value is -1.51. The number of hydrogen-bond donors (Lipinski definition) is 1. The molecular weight excluding hydrogens is 138 g/mol. The predicted octanol–water partition coefficient (Wildman–Crippen LogP) is 0.584. The third-order valence-electron chi connectivity index (χ3n) is 1.70. The normalized spacial score (nSPS) is 20.9. The van der Waals surface area contributed by atoms with Gasteiger partial charge in [0.25, 0.3) is 0 Å². The minimum atomic E-state index is 0.677. The molecule has 2 aliphatic rings. The number of hydrogen-bond acceptors (Lipinski definition) is 3. The molecule has 56 valence electrons. The highest BCUT2D eigenvalue weighted by atomic mass is 15.2. The Labute approximate surface area is 65.2 Å². The van der Waals surface area contributed by atoms with Crippen LogP contribution in [0.2, 0.25) is 0 Å². The van der Waals surface area contributed by atoms with Gasteiger partial charge in [-0.1, -0.05) is 6.08 Å². The summed E-state index contributed by atoms with van der Waals surface area (Å²) in [7, 11) is 0. The van der Waals surface area contributed by atoms with Crippen LogP contribution in [-0.2, 0) is 0 Å². The van der Waals surface area contributed by atoms with Crippen LogP contribution in [0.25, 0.3) is 0 Å². The monoisotopic (exact) mass is 147 g/mol. The predicted molar refractivity (Wildman–Crippen MR) is 44.7 cm³/mol. The molecule has 0 atom stereocenters. The van der Waals surface area contributed by atoms with Gasteiger partial charge in [-0.2, -0.15) is 0 Å². The zero-order chi connectivity index (χ0) is 7.68. The molecule has 0 amide bonds. The van der Waals surface area contributed by atoms with Crippen molar-refractivity contribution in [3.8, 4) is 0 Å². The lowest BCUT2D eigenvalue weighted by Gasteiger charge is -2.25. The number of fused-ring (bicyclic) bond motifs is 1. The summed E-state index contributed by atoms with van der Waals surface area (Å²) in [5.74, 6) is 0. The van der Waals surface area contributed by atoms with E-state index in [1.54, 1.807) is 6.21 Å². The van der Waals surface area contributed by atoms with Crippen LogP contribution in [0.1, 0.15) is 0 Å². The van der Waals surface area contributed by atoms with Crippen molar-refractivity contribution in [3.63, 3.8) is 0 Å². The van der Waals surface area contributed by atoms with Crippen LogP contribution in [0.4, 0.5) is 0 Å². The highest BCUT2D eigenvalue weighted by molar-refractivity contribution is 5.80. The summed E-state index contributed by atoms with van der Waals surface area (Å²) in [6, 6.07) is 0. The van der Waals surface area contributed by atoms with E-state index in [-0.39, 0.29) is 0 Å². The first kappa shape index (κ1) is 6.22. The number of rotatable bonds is 0. The maximum absolute atomic E-state index is 5.69. The fourth-order valence-corrected chi connectivity index (χ4v) is 1.15. The molecule has 0 saturated carbocycles. The van der Waals surface area contributed by atoms with Crippen LogP contribution in [0, 0.1) is 0 Å². The van der Waals surface area contributed by atoms with Gasteiger partial charge in [0, 0.05) is 12.4 Å². The van der Waals surface area contributed by atoms with Crippen LogP contribution < -0.4 is 5.73 Å². The van der Waals surface area contributed by atoms with Crippen molar-refractivity contribution in [3.05, 3.63) is 35.8 Å². The largest absolute Gasteiger partial charge is 0.396 e. The average Bonchev–Trinajstić information content (AvgIpc) is 2.06. The van der Waals surface area contributed by atoms with E-state index in [1.165, 1.54) is 0 Å². The average molecular weight is 147 g/mol. The smallest absolute Gasteiger partial charge is 0.114 e. The Bertz CT molecular complexity index is 284. The number of nitrogens with two attached hydrogens (primary N) is 1. The van der Waals surface area contributed by atoms with Crippen LogP contribution in [0.15, 0.2) is 40.8 Å². The standard InChI is InChI=1S/C8H9N3/c9-7-5-10-6-11-4-2-1-3-8(7)11/h1-5H,6,9H2. The van der Waals surface area contributed by atoms with Gasteiger partial charge in [0.15, 0.2) is 0 Å². The van der Waals surface area contributed by atoms with Crippen molar-refractivity contribution in [2.24, 2.45) is 10.7 Å². The Morgan fingerprint density at radius 2 is 2.36 bits per heavy atom. The summed E-state index contributed by atoms with van der Waals surface area (Å²) in [5, 5.41) is 0. The molecule has 2 aliphatic heterocycles. The van der Waals surface area contributed by atoms with Gasteiger partial charge in [-0.05, 0) is 12.2 Å². The number of allylic oxidation sites excluding steroid dienone is 4. The molecule has 0 saturated heterocycles. The molecule has 0 fully saturated rings. The van der Waals surface area contributed by atoms with Crippen molar-refractivity contribution in [1.29, 1.82) is 0 Å². The summed E-state index contributed by atoms with van der Waals surface area (Å²) in [6.07, 6.45) is 9.60.